The smallest absolute Gasteiger partial charge is 0.313 e. The average Bonchev–Trinajstić information content (AvgIpc) is 0.785. The van der Waals surface area contributed by atoms with Crippen LogP contribution >= 0.6 is 43.5 Å². The standard InChI is InChI=1S/C22H29FN2O3S.C14H19FO4S.C12H15FO4S.C9H10BrFO2S.C9H15N3.C9H11N3.C7H7BrFN.C7H5ClN2/c1-5-24-22-18(7-6-15(2)25-22)10-11-21(26)16(3)19-9-8-17(20(23)14-19)12-13-29(4,27)28;1-4-19-14(16)10(2)12-6-5-11(13(15)9-12)7-8-20(3,17)18;1-8(12(14)15)10-4-3-9(11(13)7-10)5-6-18(2,16)17;1-14(12,13)5-4-7-2-3-8(10)6-9(7)11;2*1-3-11-9-8(6-10)5-4-7(2)12-9;8-6-2-1-5(4-10)7(9)3-6;1-5-2-3-6(4-9)7(8)10-5/h6-9,14,16H,5,10-13H2,1-4H3,(H,24,25);5-6,9-10H,4,7-8H2,1-3H3;3-4,7-8H,5-6H2,1-2H3,(H,14,15);2-3,6H,4-5H2,1H3;4-5H,3,6,10H2,1-2H3,(H,11,12);4-5H,3H2,1-2H3,(H,11,12);1-3H,4,10H2;2-3H,1H3. The summed E-state index contributed by atoms with van der Waals surface area (Å²) >= 11 is 11.9. The zero-order chi connectivity index (χ0) is 94.7. The van der Waals surface area contributed by atoms with E-state index >= 15 is 0 Å². The molecule has 0 bridgehead atoms. The molecule has 125 heavy (non-hydrogen) atoms. The molecule has 0 amide bonds. The monoisotopic (exact) mass is 1960 g/mol. The molecule has 0 radical (unpaired) electrons. The van der Waals surface area contributed by atoms with Crippen molar-refractivity contribution in [3.63, 3.8) is 0 Å². The van der Waals surface area contributed by atoms with Crippen LogP contribution in [0.4, 0.5) is 39.4 Å². The number of benzene rings is 5. The zero-order valence-corrected chi connectivity index (χ0v) is 79.9. The second-order valence-corrected chi connectivity index (χ2v) is 39.8. The Hall–Kier alpha value is -9.69. The SMILES string of the molecule is CC(C(=O)O)c1ccc(CCS(C)(=O)=O)c(F)c1.CCNc1nc(C)ccc1C#N.CCNc1nc(C)ccc1CCC(=O)C(C)c1ccc(CCS(C)(=O)=O)c(F)c1.CCNc1nc(C)ccc1CN.CCOC(=O)C(C)c1ccc(CCS(C)(=O)=O)c(F)c1.CS(=O)(=O)CCc1ccc(Br)cc1F.Cc1ccc(C#N)c(Cl)n1.NCc1ccc(Br)cc1F. The van der Waals surface area contributed by atoms with Gasteiger partial charge in [-0.1, -0.05) is 111 Å². The topological polar surface area (TPSA) is 404 Å². The summed E-state index contributed by atoms with van der Waals surface area (Å²) in [5, 5.41) is 35.7. The number of nitriles is 2. The van der Waals surface area contributed by atoms with E-state index in [1.165, 1.54) is 49.4 Å². The number of Topliss-reactive ketones (excluding diaryl/α,β-unsaturated/α-hetero) is 1. The number of sulfone groups is 4. The third-order valence-electron chi connectivity index (χ3n) is 17.8. The molecule has 0 aliphatic heterocycles. The number of ether oxygens (including phenoxy) is 1. The van der Waals surface area contributed by atoms with Crippen LogP contribution in [0.3, 0.4) is 0 Å². The van der Waals surface area contributed by atoms with Crippen molar-refractivity contribution in [2.45, 2.75) is 146 Å². The number of carboxylic acids is 1. The summed E-state index contributed by atoms with van der Waals surface area (Å²) in [6.45, 7) is 23.7. The number of nitrogens with two attached hydrogens (primary N) is 2. The van der Waals surface area contributed by atoms with Crippen LogP contribution in [0.5, 0.6) is 0 Å². The van der Waals surface area contributed by atoms with Crippen molar-refractivity contribution in [1.82, 2.24) is 19.9 Å². The van der Waals surface area contributed by atoms with E-state index in [-0.39, 0.29) is 90.0 Å². The van der Waals surface area contributed by atoms with Crippen molar-refractivity contribution < 1.29 is 79.9 Å². The van der Waals surface area contributed by atoms with Gasteiger partial charge in [-0.15, -0.1) is 0 Å². The number of aryl methyl sites for hydroxylation is 9. The zero-order valence-electron chi connectivity index (χ0n) is 72.7. The van der Waals surface area contributed by atoms with Gasteiger partial charge in [0.05, 0.1) is 52.6 Å². The Morgan fingerprint density at radius 3 is 1.10 bits per heavy atom. The maximum atomic E-state index is 14.4. The van der Waals surface area contributed by atoms with Crippen molar-refractivity contribution in [3.05, 3.63) is 272 Å². The fourth-order valence-electron chi connectivity index (χ4n) is 10.6. The lowest BCUT2D eigenvalue weighted by atomic mass is 9.92. The van der Waals surface area contributed by atoms with E-state index in [2.05, 4.69) is 73.8 Å². The predicted octanol–water partition coefficient (Wildman–Crippen LogP) is 16.6. The molecule has 8 N–H and O–H groups in total. The lowest BCUT2D eigenvalue weighted by Crippen LogP contribution is -2.13. The first-order chi connectivity index (χ1) is 58.5. The molecule has 3 atom stereocenters. The highest BCUT2D eigenvalue weighted by atomic mass is 79.9. The number of nitrogens with one attached hydrogen (secondary N) is 3. The number of anilines is 3. The van der Waals surface area contributed by atoms with E-state index in [9.17, 15) is 70.0 Å². The number of carbonyl (C=O) groups excluding carboxylic acids is 2. The number of hydrogen-bond acceptors (Lipinski definition) is 23. The summed E-state index contributed by atoms with van der Waals surface area (Å²) in [4.78, 5) is 51.9. The summed E-state index contributed by atoms with van der Waals surface area (Å²) < 4.78 is 162. The van der Waals surface area contributed by atoms with Crippen LogP contribution in [0.15, 0.2) is 148 Å². The van der Waals surface area contributed by atoms with Gasteiger partial charge in [0.25, 0.3) is 0 Å². The predicted molar refractivity (Wildman–Crippen MR) is 493 cm³/mol. The molecule has 0 spiro atoms. The molecule has 680 valence electrons. The number of carboxylic acid groups (broad SMARTS) is 1. The van der Waals surface area contributed by atoms with Crippen LogP contribution in [-0.2, 0) is 104 Å². The highest BCUT2D eigenvalue weighted by Crippen LogP contribution is 2.27. The van der Waals surface area contributed by atoms with E-state index < -0.39 is 86.5 Å². The van der Waals surface area contributed by atoms with Crippen LogP contribution in [0.1, 0.15) is 162 Å². The molecule has 0 aliphatic carbocycles. The Balaban J connectivity index is 0.000000497. The highest BCUT2D eigenvalue weighted by Gasteiger charge is 2.22. The Morgan fingerprint density at radius 1 is 0.440 bits per heavy atom. The number of pyridine rings is 4. The number of rotatable bonds is 30. The highest BCUT2D eigenvalue weighted by molar-refractivity contribution is 9.10. The number of aromatic nitrogens is 4. The molecule has 0 saturated carbocycles. The van der Waals surface area contributed by atoms with Gasteiger partial charge in [0.2, 0.25) is 0 Å². The largest absolute Gasteiger partial charge is 0.481 e. The molecule has 5 aromatic carbocycles. The number of ketones is 1. The molecule has 3 unspecified atom stereocenters. The molecular formula is C89H111Br2ClF5N11O13S4. The summed E-state index contributed by atoms with van der Waals surface area (Å²) in [6.07, 6.45) is 5.93. The van der Waals surface area contributed by atoms with Crippen molar-refractivity contribution in [3.8, 4) is 12.1 Å². The van der Waals surface area contributed by atoms with E-state index in [0.717, 1.165) is 101 Å². The molecule has 36 heteroatoms. The number of nitrogens with zero attached hydrogens (tertiary/aromatic N) is 6. The van der Waals surface area contributed by atoms with Gasteiger partial charge in [0.15, 0.2) is 0 Å². The Morgan fingerprint density at radius 2 is 0.752 bits per heavy atom. The van der Waals surface area contributed by atoms with Gasteiger partial charge >= 0.3 is 11.9 Å². The molecule has 0 fully saturated rings. The minimum absolute atomic E-state index is 0.0223. The van der Waals surface area contributed by atoms with Crippen LogP contribution in [-0.4, -0.2) is 151 Å². The lowest BCUT2D eigenvalue weighted by Gasteiger charge is -2.14. The van der Waals surface area contributed by atoms with E-state index in [0.29, 0.717) is 79.7 Å². The molecule has 0 aliphatic rings. The summed E-state index contributed by atoms with van der Waals surface area (Å²) in [5.41, 5.74) is 21.0. The van der Waals surface area contributed by atoms with Crippen LogP contribution in [0.2, 0.25) is 5.15 Å². The molecule has 24 nitrogen and oxygen atoms in total. The molecule has 0 saturated heterocycles. The van der Waals surface area contributed by atoms with Crippen molar-refractivity contribution in [1.29, 1.82) is 10.5 Å². The van der Waals surface area contributed by atoms with Crippen LogP contribution < -0.4 is 27.4 Å². The molecule has 4 heterocycles. The van der Waals surface area contributed by atoms with Crippen molar-refractivity contribution in [2.24, 2.45) is 11.5 Å². The van der Waals surface area contributed by atoms with Gasteiger partial charge in [-0.2, -0.15) is 10.5 Å². The first-order valence-corrected chi connectivity index (χ1v) is 49.5. The number of carbonyl (C=O) groups is 3. The second-order valence-electron chi connectivity index (χ2n) is 28.5. The lowest BCUT2D eigenvalue weighted by molar-refractivity contribution is -0.144. The Bertz CT molecular complexity index is 5640. The van der Waals surface area contributed by atoms with E-state index in [4.69, 9.17) is 43.4 Å². The van der Waals surface area contributed by atoms with Gasteiger partial charge in [0, 0.05) is 113 Å². The average molecular weight is 1960 g/mol. The number of halogens is 8. The third-order valence-corrected chi connectivity index (χ3v) is 22.9. The van der Waals surface area contributed by atoms with E-state index in [1.54, 1.807) is 81.4 Å². The van der Waals surface area contributed by atoms with Crippen LogP contribution in [0.25, 0.3) is 0 Å². The van der Waals surface area contributed by atoms with Gasteiger partial charge < -0.3 is 37.3 Å². The summed E-state index contributed by atoms with van der Waals surface area (Å²) in [6, 6.07) is 41.5. The third kappa shape index (κ3) is 44.3. The van der Waals surface area contributed by atoms with E-state index in [1.807, 2.05) is 84.9 Å². The first-order valence-electron chi connectivity index (χ1n) is 39.3. The minimum Gasteiger partial charge on any atom is -0.481 e. The fourth-order valence-corrected chi connectivity index (χ4v) is 13.9. The number of hydrogen-bond donors (Lipinski definition) is 6. The summed E-state index contributed by atoms with van der Waals surface area (Å²) in [5.74, 6) is -3.29. The van der Waals surface area contributed by atoms with Gasteiger partial charge in [0.1, 0.15) is 109 Å². The second kappa shape index (κ2) is 55.7. The quantitative estimate of drug-likeness (QED) is 0.0138. The summed E-state index contributed by atoms with van der Waals surface area (Å²) in [7, 11) is -12.4. The maximum absolute atomic E-state index is 14.4. The minimum atomic E-state index is -3.15. The van der Waals surface area contributed by atoms with Gasteiger partial charge in [-0.3, -0.25) is 14.4 Å². The molecule has 9 rings (SSSR count). The molecule has 4 aromatic heterocycles. The van der Waals surface area contributed by atoms with Crippen LogP contribution in [0, 0.1) is 79.4 Å². The molecular weight excluding hydrogens is 1850 g/mol. The maximum Gasteiger partial charge on any atom is 0.313 e. The normalized spacial score (nSPS) is 11.5. The number of esters is 1. The Labute approximate surface area is 754 Å². The fraction of sp³-hybridized carbons (Fsp3) is 0.382. The van der Waals surface area contributed by atoms with Gasteiger partial charge in [-0.05, 0) is 225 Å². The van der Waals surface area contributed by atoms with Crippen molar-refractivity contribution in [2.75, 3.05) is 90.2 Å². The Kier molecular flexibility index (Phi) is 49.6. The molecule has 9 aromatic rings. The number of aliphatic carboxylic acids is 1. The van der Waals surface area contributed by atoms with Gasteiger partial charge in [-0.25, -0.2) is 75.6 Å². The first kappa shape index (κ1) is 111. The van der Waals surface area contributed by atoms with Crippen molar-refractivity contribution >= 4 is 118 Å².